The number of nitrogens with zero attached hydrogens (tertiary/aromatic N) is 2. The van der Waals surface area contributed by atoms with Crippen LogP contribution in [-0.2, 0) is 0 Å². The third-order valence-electron chi connectivity index (χ3n) is 2.66. The Balaban J connectivity index is 2.23. The summed E-state index contributed by atoms with van der Waals surface area (Å²) in [6, 6.07) is 8.35. The van der Waals surface area contributed by atoms with Gasteiger partial charge in [-0.05, 0) is 24.6 Å². The van der Waals surface area contributed by atoms with E-state index in [1.807, 2.05) is 6.07 Å². The minimum absolute atomic E-state index is 0.513. The van der Waals surface area contributed by atoms with Gasteiger partial charge in [0.1, 0.15) is 11.5 Å². The lowest BCUT2D eigenvalue weighted by atomic mass is 10.1. The second-order valence-corrected chi connectivity index (χ2v) is 6.24. The number of halogens is 2. The lowest BCUT2D eigenvalue weighted by Gasteiger charge is -2.02. The highest BCUT2D eigenvalue weighted by Gasteiger charge is 2.11. The highest BCUT2D eigenvalue weighted by molar-refractivity contribution is 9.10. The van der Waals surface area contributed by atoms with E-state index in [1.165, 1.54) is 11.9 Å². The van der Waals surface area contributed by atoms with Gasteiger partial charge in [-0.15, -0.1) is 11.3 Å². The van der Waals surface area contributed by atoms with E-state index in [0.717, 1.165) is 25.1 Å². The largest absolute Gasteiger partial charge is 0.235 e. The Morgan fingerprint density at radius 2 is 2.06 bits per heavy atom. The molecule has 0 aliphatic carbocycles. The maximum atomic E-state index is 6.07. The lowest BCUT2D eigenvalue weighted by Crippen LogP contribution is -1.78. The zero-order chi connectivity index (χ0) is 12.7. The number of thiophene rings is 1. The van der Waals surface area contributed by atoms with Crippen molar-refractivity contribution >= 4 is 49.1 Å². The highest BCUT2D eigenvalue weighted by atomic mass is 79.9. The fraction of sp³-hybridized carbons (Fsp3) is 0.0769. The van der Waals surface area contributed by atoms with E-state index in [-0.39, 0.29) is 0 Å². The van der Waals surface area contributed by atoms with Crippen molar-refractivity contribution in [3.05, 3.63) is 45.8 Å². The SMILES string of the molecule is Cc1ccc(-c2cc3ncnc(Cl)c3s2)c(Br)c1. The highest BCUT2D eigenvalue weighted by Crippen LogP contribution is 2.38. The molecule has 2 heterocycles. The molecule has 90 valence electrons. The molecule has 0 saturated heterocycles. The molecule has 2 aromatic heterocycles. The van der Waals surface area contributed by atoms with Crippen molar-refractivity contribution in [2.45, 2.75) is 6.92 Å². The van der Waals surface area contributed by atoms with E-state index in [1.54, 1.807) is 11.3 Å². The first-order valence-corrected chi connectivity index (χ1v) is 7.30. The summed E-state index contributed by atoms with van der Waals surface area (Å²) in [7, 11) is 0. The van der Waals surface area contributed by atoms with E-state index in [0.29, 0.717) is 5.15 Å². The molecule has 0 N–H and O–H groups in total. The van der Waals surface area contributed by atoms with Gasteiger partial charge in [0.05, 0.1) is 10.2 Å². The van der Waals surface area contributed by atoms with Crippen molar-refractivity contribution in [3.63, 3.8) is 0 Å². The molecule has 0 atom stereocenters. The molecule has 0 saturated carbocycles. The molecule has 0 radical (unpaired) electrons. The maximum Gasteiger partial charge on any atom is 0.150 e. The predicted octanol–water partition coefficient (Wildman–Crippen LogP) is 5.08. The molecule has 18 heavy (non-hydrogen) atoms. The number of fused-ring (bicyclic) bond motifs is 1. The molecule has 3 aromatic rings. The van der Waals surface area contributed by atoms with Crippen molar-refractivity contribution in [2.24, 2.45) is 0 Å². The van der Waals surface area contributed by atoms with Gasteiger partial charge in [-0.1, -0.05) is 39.7 Å². The van der Waals surface area contributed by atoms with Crippen LogP contribution in [0.5, 0.6) is 0 Å². The first-order valence-electron chi connectivity index (χ1n) is 5.32. The van der Waals surface area contributed by atoms with Crippen molar-refractivity contribution in [3.8, 4) is 10.4 Å². The van der Waals surface area contributed by atoms with E-state index in [2.05, 4.69) is 51.0 Å². The van der Waals surface area contributed by atoms with Gasteiger partial charge in [-0.25, -0.2) is 9.97 Å². The Kier molecular flexibility index (Phi) is 3.09. The molecule has 5 heteroatoms. The van der Waals surface area contributed by atoms with Gasteiger partial charge in [0.2, 0.25) is 0 Å². The molecule has 0 bridgehead atoms. The van der Waals surface area contributed by atoms with Gasteiger partial charge in [0.15, 0.2) is 0 Å². The summed E-state index contributed by atoms with van der Waals surface area (Å²) in [5.41, 5.74) is 3.27. The van der Waals surface area contributed by atoms with E-state index in [9.17, 15) is 0 Å². The van der Waals surface area contributed by atoms with Crippen LogP contribution in [0.1, 0.15) is 5.56 Å². The van der Waals surface area contributed by atoms with Crippen molar-refractivity contribution in [1.29, 1.82) is 0 Å². The van der Waals surface area contributed by atoms with Gasteiger partial charge in [0.25, 0.3) is 0 Å². The van der Waals surface area contributed by atoms with E-state index in [4.69, 9.17) is 11.6 Å². The molecule has 3 rings (SSSR count). The predicted molar refractivity (Wildman–Crippen MR) is 80.3 cm³/mol. The van der Waals surface area contributed by atoms with Gasteiger partial charge in [0, 0.05) is 14.9 Å². The smallest absolute Gasteiger partial charge is 0.150 e. The van der Waals surface area contributed by atoms with E-state index < -0.39 is 0 Å². The van der Waals surface area contributed by atoms with E-state index >= 15 is 0 Å². The Labute approximate surface area is 122 Å². The standard InChI is InChI=1S/C13H8BrClN2S/c1-7-2-3-8(9(14)4-7)11-5-10-12(18-11)13(15)17-6-16-10/h2-6H,1H3. The van der Waals surface area contributed by atoms with Crippen molar-refractivity contribution in [2.75, 3.05) is 0 Å². The molecule has 2 nitrogen and oxygen atoms in total. The Hall–Kier alpha value is -0.970. The Morgan fingerprint density at radius 3 is 2.78 bits per heavy atom. The quantitative estimate of drug-likeness (QED) is 0.578. The lowest BCUT2D eigenvalue weighted by molar-refractivity contribution is 1.23. The number of hydrogen-bond acceptors (Lipinski definition) is 3. The van der Waals surface area contributed by atoms with Crippen LogP contribution >= 0.6 is 38.9 Å². The summed E-state index contributed by atoms with van der Waals surface area (Å²) in [6.07, 6.45) is 1.49. The normalized spacial score (nSPS) is 11.1. The number of aryl methyl sites for hydroxylation is 1. The first kappa shape index (κ1) is 12.1. The van der Waals surface area contributed by atoms with Gasteiger partial charge < -0.3 is 0 Å². The van der Waals surface area contributed by atoms with Crippen molar-refractivity contribution in [1.82, 2.24) is 9.97 Å². The zero-order valence-electron chi connectivity index (χ0n) is 9.45. The minimum Gasteiger partial charge on any atom is -0.235 e. The minimum atomic E-state index is 0.513. The van der Waals surface area contributed by atoms with Crippen LogP contribution < -0.4 is 0 Å². The van der Waals surface area contributed by atoms with Gasteiger partial charge in [-0.2, -0.15) is 0 Å². The molecule has 0 aliphatic heterocycles. The molecule has 0 unspecified atom stereocenters. The van der Waals surface area contributed by atoms with Crippen LogP contribution in [-0.4, -0.2) is 9.97 Å². The van der Waals surface area contributed by atoms with Crippen LogP contribution in [0, 0.1) is 6.92 Å². The average Bonchev–Trinajstić information content (AvgIpc) is 2.74. The van der Waals surface area contributed by atoms with Crippen LogP contribution in [0.25, 0.3) is 20.7 Å². The second-order valence-electron chi connectivity index (χ2n) is 3.97. The number of aromatic nitrogens is 2. The van der Waals surface area contributed by atoms with Crippen LogP contribution in [0.2, 0.25) is 5.15 Å². The summed E-state index contributed by atoms with van der Waals surface area (Å²) in [5.74, 6) is 0. The monoisotopic (exact) mass is 338 g/mol. The topological polar surface area (TPSA) is 25.8 Å². The summed E-state index contributed by atoms with van der Waals surface area (Å²) < 4.78 is 2.01. The summed E-state index contributed by atoms with van der Waals surface area (Å²) >= 11 is 11.3. The third kappa shape index (κ3) is 2.05. The van der Waals surface area contributed by atoms with Gasteiger partial charge in [-0.3, -0.25) is 0 Å². The molecular formula is C13H8BrClN2S. The number of benzene rings is 1. The molecule has 0 spiro atoms. The van der Waals surface area contributed by atoms with Gasteiger partial charge >= 0.3 is 0 Å². The summed E-state index contributed by atoms with van der Waals surface area (Å²) in [5, 5.41) is 0.513. The van der Waals surface area contributed by atoms with Crippen LogP contribution in [0.15, 0.2) is 35.1 Å². The Bertz CT molecular complexity index is 739. The Morgan fingerprint density at radius 1 is 1.22 bits per heavy atom. The summed E-state index contributed by atoms with van der Waals surface area (Å²) in [6.45, 7) is 2.07. The zero-order valence-corrected chi connectivity index (χ0v) is 12.6. The second kappa shape index (κ2) is 4.61. The molecule has 0 aliphatic rings. The molecule has 0 amide bonds. The first-order chi connectivity index (χ1) is 8.65. The molecule has 0 fully saturated rings. The number of rotatable bonds is 1. The molecule has 1 aromatic carbocycles. The third-order valence-corrected chi connectivity index (χ3v) is 4.88. The van der Waals surface area contributed by atoms with Crippen LogP contribution in [0.4, 0.5) is 0 Å². The average molecular weight is 340 g/mol. The van der Waals surface area contributed by atoms with Crippen LogP contribution in [0.3, 0.4) is 0 Å². The maximum absolute atomic E-state index is 6.07. The van der Waals surface area contributed by atoms with Crippen molar-refractivity contribution < 1.29 is 0 Å². The number of hydrogen-bond donors (Lipinski definition) is 0. The summed E-state index contributed by atoms with van der Waals surface area (Å²) in [4.78, 5) is 9.38. The molecular weight excluding hydrogens is 332 g/mol. The fourth-order valence-corrected chi connectivity index (χ4v) is 3.90. The fourth-order valence-electron chi connectivity index (χ4n) is 1.78.